The second kappa shape index (κ2) is 7.30. The molecule has 0 aliphatic heterocycles. The first-order valence-electron chi connectivity index (χ1n) is 8.04. The highest BCUT2D eigenvalue weighted by Gasteiger charge is 2.13. The Morgan fingerprint density at radius 3 is 2.81 bits per heavy atom. The van der Waals surface area contributed by atoms with Crippen LogP contribution in [0.1, 0.15) is 22.8 Å². The molecule has 3 aromatic rings. The second-order valence-corrected chi connectivity index (χ2v) is 5.69. The van der Waals surface area contributed by atoms with Crippen molar-refractivity contribution in [3.05, 3.63) is 53.3 Å². The molecule has 134 valence electrons. The molecule has 0 saturated heterocycles. The van der Waals surface area contributed by atoms with Crippen LogP contribution in [0.2, 0.25) is 0 Å². The van der Waals surface area contributed by atoms with E-state index in [4.69, 9.17) is 4.74 Å². The molecule has 3 rings (SSSR count). The fraction of sp³-hybridized carbons (Fsp3) is 0.222. The fourth-order valence-corrected chi connectivity index (χ4v) is 2.46. The van der Waals surface area contributed by atoms with E-state index in [0.717, 1.165) is 5.52 Å². The molecule has 0 spiro atoms. The van der Waals surface area contributed by atoms with Crippen LogP contribution in [0.5, 0.6) is 0 Å². The first-order chi connectivity index (χ1) is 12.5. The van der Waals surface area contributed by atoms with Crippen LogP contribution in [0.15, 0.2) is 36.4 Å². The molecule has 0 atom stereocenters. The maximum absolute atomic E-state index is 13.2. The molecular weight excluding hydrogens is 339 g/mol. The molecule has 1 N–H and O–H groups in total. The maximum Gasteiger partial charge on any atom is 0.338 e. The van der Waals surface area contributed by atoms with Crippen LogP contribution in [0.3, 0.4) is 0 Å². The summed E-state index contributed by atoms with van der Waals surface area (Å²) >= 11 is 0. The molecular formula is C18H17FN4O3. The minimum absolute atomic E-state index is 0.274. The predicted molar refractivity (Wildman–Crippen MR) is 93.3 cm³/mol. The Labute approximate surface area is 148 Å². The number of aryl methyl sites for hydroxylation is 2. The smallest absolute Gasteiger partial charge is 0.338 e. The van der Waals surface area contributed by atoms with E-state index in [0.29, 0.717) is 23.3 Å². The molecule has 7 nitrogen and oxygen atoms in total. The van der Waals surface area contributed by atoms with Crippen LogP contribution in [-0.4, -0.2) is 33.5 Å². The minimum atomic E-state index is -0.649. The number of carbonyl (C=O) groups excluding carboxylic acids is 2. The van der Waals surface area contributed by atoms with Crippen LogP contribution in [0, 0.1) is 12.7 Å². The van der Waals surface area contributed by atoms with Crippen molar-refractivity contribution in [3.63, 3.8) is 0 Å². The fourth-order valence-electron chi connectivity index (χ4n) is 2.46. The summed E-state index contributed by atoms with van der Waals surface area (Å²) in [6.07, 6.45) is 0. The highest BCUT2D eigenvalue weighted by atomic mass is 19.1. The number of amides is 1. The Hall–Kier alpha value is -3.29. The van der Waals surface area contributed by atoms with Crippen molar-refractivity contribution in [1.29, 1.82) is 0 Å². The van der Waals surface area contributed by atoms with Crippen molar-refractivity contribution in [2.75, 3.05) is 11.9 Å². The monoisotopic (exact) mass is 356 g/mol. The van der Waals surface area contributed by atoms with Gasteiger partial charge in [-0.2, -0.15) is 0 Å². The lowest BCUT2D eigenvalue weighted by atomic mass is 10.2. The number of nitrogens with zero attached hydrogens (tertiary/aromatic N) is 3. The van der Waals surface area contributed by atoms with Crippen molar-refractivity contribution in [1.82, 2.24) is 15.0 Å². The van der Waals surface area contributed by atoms with Gasteiger partial charge < -0.3 is 10.1 Å². The van der Waals surface area contributed by atoms with E-state index >= 15 is 0 Å². The van der Waals surface area contributed by atoms with Crippen molar-refractivity contribution in [2.45, 2.75) is 20.4 Å². The van der Waals surface area contributed by atoms with Gasteiger partial charge >= 0.3 is 5.97 Å². The number of aromatic nitrogens is 3. The number of anilines is 1. The van der Waals surface area contributed by atoms with Gasteiger partial charge in [-0.1, -0.05) is 11.3 Å². The summed E-state index contributed by atoms with van der Waals surface area (Å²) in [5.74, 6) is -1.66. The second-order valence-electron chi connectivity index (χ2n) is 5.69. The van der Waals surface area contributed by atoms with E-state index < -0.39 is 24.3 Å². The summed E-state index contributed by atoms with van der Waals surface area (Å²) in [7, 11) is 0. The Balaban J connectivity index is 1.63. The van der Waals surface area contributed by atoms with Crippen molar-refractivity contribution in [2.24, 2.45) is 0 Å². The van der Waals surface area contributed by atoms with Crippen LogP contribution < -0.4 is 5.32 Å². The first-order valence-corrected chi connectivity index (χ1v) is 8.04. The molecule has 1 amide bonds. The molecule has 0 radical (unpaired) electrons. The van der Waals surface area contributed by atoms with Gasteiger partial charge in [-0.25, -0.2) is 13.9 Å². The highest BCUT2D eigenvalue weighted by Crippen LogP contribution is 2.16. The Bertz CT molecular complexity index is 984. The van der Waals surface area contributed by atoms with Gasteiger partial charge in [0.25, 0.3) is 5.91 Å². The minimum Gasteiger partial charge on any atom is -0.452 e. The first kappa shape index (κ1) is 17.5. The summed E-state index contributed by atoms with van der Waals surface area (Å²) in [5, 5.41) is 10.5. The average Bonchev–Trinajstić information content (AvgIpc) is 3.05. The van der Waals surface area contributed by atoms with Gasteiger partial charge in [-0.3, -0.25) is 4.79 Å². The van der Waals surface area contributed by atoms with Crippen LogP contribution in [0.25, 0.3) is 11.0 Å². The third-order valence-electron chi connectivity index (χ3n) is 3.86. The zero-order valence-corrected chi connectivity index (χ0v) is 14.3. The molecule has 0 saturated carbocycles. The molecule has 1 aromatic heterocycles. The number of nitrogens with one attached hydrogen (secondary N) is 1. The summed E-state index contributed by atoms with van der Waals surface area (Å²) in [5.41, 5.74) is 2.69. The maximum atomic E-state index is 13.2. The lowest BCUT2D eigenvalue weighted by Crippen LogP contribution is -2.21. The third kappa shape index (κ3) is 3.69. The van der Waals surface area contributed by atoms with E-state index in [1.54, 1.807) is 35.9 Å². The summed E-state index contributed by atoms with van der Waals surface area (Å²) < 4.78 is 20.0. The molecule has 2 aromatic carbocycles. The standard InChI is InChI=1S/C18H17FN4O3/c1-3-23-16-7-5-12(8-15(16)21-22-23)18(25)26-10-17(24)20-14-9-13(19)6-4-11(14)2/h4-9H,3,10H2,1-2H3,(H,20,24). The molecule has 1 heterocycles. The predicted octanol–water partition coefficient (Wildman–Crippen LogP) is 2.69. The molecule has 0 unspecified atom stereocenters. The van der Waals surface area contributed by atoms with Gasteiger partial charge in [0.15, 0.2) is 6.61 Å². The highest BCUT2D eigenvalue weighted by molar-refractivity contribution is 5.97. The van der Waals surface area contributed by atoms with Crippen molar-refractivity contribution in [3.8, 4) is 0 Å². The van der Waals surface area contributed by atoms with Gasteiger partial charge in [0.05, 0.1) is 11.1 Å². The number of esters is 1. The largest absolute Gasteiger partial charge is 0.452 e. The van der Waals surface area contributed by atoms with Crippen molar-refractivity contribution < 1.29 is 18.7 Å². The van der Waals surface area contributed by atoms with E-state index in [-0.39, 0.29) is 5.56 Å². The van der Waals surface area contributed by atoms with Gasteiger partial charge in [-0.15, -0.1) is 5.10 Å². The van der Waals surface area contributed by atoms with E-state index in [9.17, 15) is 14.0 Å². The van der Waals surface area contributed by atoms with Crippen LogP contribution >= 0.6 is 0 Å². The molecule has 0 fully saturated rings. The Kier molecular flexibility index (Phi) is 4.92. The topological polar surface area (TPSA) is 86.1 Å². The quantitative estimate of drug-likeness (QED) is 0.711. The van der Waals surface area contributed by atoms with Gasteiger partial charge in [0.2, 0.25) is 0 Å². The molecule has 0 aliphatic rings. The zero-order valence-electron chi connectivity index (χ0n) is 14.3. The average molecular weight is 356 g/mol. The summed E-state index contributed by atoms with van der Waals surface area (Å²) in [6, 6.07) is 8.94. The number of fused-ring (bicyclic) bond motifs is 1. The normalized spacial score (nSPS) is 10.7. The zero-order chi connectivity index (χ0) is 18.7. The molecule has 26 heavy (non-hydrogen) atoms. The number of carbonyl (C=O) groups is 2. The van der Waals surface area contributed by atoms with E-state index in [2.05, 4.69) is 15.6 Å². The number of halogens is 1. The van der Waals surface area contributed by atoms with Crippen LogP contribution in [0.4, 0.5) is 10.1 Å². The Morgan fingerprint density at radius 1 is 1.23 bits per heavy atom. The number of ether oxygens (including phenoxy) is 1. The van der Waals surface area contributed by atoms with Crippen LogP contribution in [-0.2, 0) is 16.1 Å². The van der Waals surface area contributed by atoms with Gasteiger partial charge in [-0.05, 0) is 49.7 Å². The number of rotatable bonds is 5. The van der Waals surface area contributed by atoms with E-state index in [1.807, 2.05) is 6.92 Å². The molecule has 8 heteroatoms. The SMILES string of the molecule is CCn1nnc2cc(C(=O)OCC(=O)Nc3cc(F)ccc3C)ccc21. The van der Waals surface area contributed by atoms with E-state index in [1.165, 1.54) is 12.1 Å². The number of benzene rings is 2. The number of hydrogen-bond acceptors (Lipinski definition) is 5. The molecule has 0 bridgehead atoms. The Morgan fingerprint density at radius 2 is 2.04 bits per heavy atom. The summed E-state index contributed by atoms with van der Waals surface area (Å²) in [6.45, 7) is 3.86. The molecule has 0 aliphatic carbocycles. The number of hydrogen-bond donors (Lipinski definition) is 1. The lowest BCUT2D eigenvalue weighted by molar-refractivity contribution is -0.119. The third-order valence-corrected chi connectivity index (χ3v) is 3.86. The van der Waals surface area contributed by atoms with Crippen molar-refractivity contribution >= 4 is 28.6 Å². The van der Waals surface area contributed by atoms with Gasteiger partial charge in [0, 0.05) is 12.2 Å². The van der Waals surface area contributed by atoms with Gasteiger partial charge in [0.1, 0.15) is 11.3 Å². The lowest BCUT2D eigenvalue weighted by Gasteiger charge is -2.09. The summed E-state index contributed by atoms with van der Waals surface area (Å²) in [4.78, 5) is 24.1.